The summed E-state index contributed by atoms with van der Waals surface area (Å²) in [6.45, 7) is 7.87. The molecule has 0 saturated heterocycles. The first-order valence-electron chi connectivity index (χ1n) is 26.2. The van der Waals surface area contributed by atoms with Crippen molar-refractivity contribution in [3.8, 4) is 0 Å². The van der Waals surface area contributed by atoms with E-state index in [1.54, 1.807) is 0 Å². The predicted octanol–water partition coefficient (Wildman–Crippen LogP) is 17.5. The summed E-state index contributed by atoms with van der Waals surface area (Å²) in [5.41, 5.74) is 0. The van der Waals surface area contributed by atoms with Gasteiger partial charge in [-0.25, -0.2) is 0 Å². The van der Waals surface area contributed by atoms with E-state index < -0.39 is 6.10 Å². The van der Waals surface area contributed by atoms with Gasteiger partial charge in [-0.1, -0.05) is 245 Å². The van der Waals surface area contributed by atoms with Crippen LogP contribution in [-0.2, 0) is 23.8 Å². The van der Waals surface area contributed by atoms with Gasteiger partial charge in [0.05, 0.1) is 6.61 Å². The Hall–Kier alpha value is -1.36. The first-order valence-corrected chi connectivity index (χ1v) is 26.2. The number of hydrogen-bond donors (Lipinski definition) is 0. The minimum Gasteiger partial charge on any atom is -0.462 e. The summed E-state index contributed by atoms with van der Waals surface area (Å²) in [4.78, 5) is 25.3. The summed E-state index contributed by atoms with van der Waals surface area (Å²) in [5, 5.41) is 0. The van der Waals surface area contributed by atoms with E-state index in [1.165, 1.54) is 225 Å². The van der Waals surface area contributed by atoms with Crippen molar-refractivity contribution in [2.45, 2.75) is 297 Å². The van der Waals surface area contributed by atoms with E-state index in [4.69, 9.17) is 14.2 Å². The average Bonchev–Trinajstić information content (AvgIpc) is 3.22. The number of carbonyl (C=O) groups is 2. The molecule has 0 aliphatic heterocycles. The number of ether oxygens (including phenoxy) is 3. The molecule has 0 unspecified atom stereocenters. The normalized spacial score (nSPS) is 12.1. The molecule has 0 bridgehead atoms. The minimum atomic E-state index is -0.528. The van der Waals surface area contributed by atoms with E-state index in [2.05, 4.69) is 32.9 Å². The molecule has 0 saturated carbocycles. The van der Waals surface area contributed by atoms with Gasteiger partial charge < -0.3 is 14.2 Å². The van der Waals surface area contributed by atoms with E-state index in [-0.39, 0.29) is 18.5 Å². The standard InChI is InChI=1S/C53H102O5/c1-4-7-10-13-16-19-22-24-26-28-30-33-36-39-42-45-48-56-49-51(50-57-52(54)46-43-40-37-34-31-21-18-15-12-9-6-3)58-53(55)47-44-41-38-35-32-29-27-25-23-20-17-14-11-8-5-2/h20,23,51H,4-19,21-22,24-50H2,1-3H3/b23-20-/t51-/m1/s1. The lowest BCUT2D eigenvalue weighted by molar-refractivity contribution is -0.163. The van der Waals surface area contributed by atoms with Gasteiger partial charge in [0.25, 0.3) is 0 Å². The van der Waals surface area contributed by atoms with Gasteiger partial charge in [0.15, 0.2) is 6.10 Å². The molecule has 58 heavy (non-hydrogen) atoms. The number of hydrogen-bond acceptors (Lipinski definition) is 5. The fourth-order valence-electron chi connectivity index (χ4n) is 7.86. The molecule has 0 aliphatic rings. The van der Waals surface area contributed by atoms with E-state index in [0.29, 0.717) is 26.1 Å². The molecule has 0 rings (SSSR count). The molecule has 0 heterocycles. The smallest absolute Gasteiger partial charge is 0.306 e. The zero-order chi connectivity index (χ0) is 42.1. The van der Waals surface area contributed by atoms with Crippen molar-refractivity contribution in [3.05, 3.63) is 12.2 Å². The highest BCUT2D eigenvalue weighted by Crippen LogP contribution is 2.16. The monoisotopic (exact) mass is 819 g/mol. The van der Waals surface area contributed by atoms with Crippen LogP contribution in [0.1, 0.15) is 290 Å². The maximum Gasteiger partial charge on any atom is 0.306 e. The fourth-order valence-corrected chi connectivity index (χ4v) is 7.86. The number of rotatable bonds is 49. The maximum atomic E-state index is 12.8. The second-order valence-electron chi connectivity index (χ2n) is 17.8. The van der Waals surface area contributed by atoms with Crippen LogP contribution in [0.5, 0.6) is 0 Å². The molecule has 0 aromatic heterocycles. The lowest BCUT2D eigenvalue weighted by atomic mass is 10.0. The third-order valence-electron chi connectivity index (χ3n) is 11.8. The van der Waals surface area contributed by atoms with Crippen LogP contribution < -0.4 is 0 Å². The third-order valence-corrected chi connectivity index (χ3v) is 11.8. The van der Waals surface area contributed by atoms with Crippen LogP contribution >= 0.6 is 0 Å². The minimum absolute atomic E-state index is 0.0929. The van der Waals surface area contributed by atoms with Crippen molar-refractivity contribution < 1.29 is 23.8 Å². The Morgan fingerprint density at radius 3 is 1.07 bits per heavy atom. The lowest BCUT2D eigenvalue weighted by Crippen LogP contribution is -2.30. The third kappa shape index (κ3) is 47.3. The molecular formula is C53H102O5. The maximum absolute atomic E-state index is 12.8. The molecule has 1 atom stereocenters. The van der Waals surface area contributed by atoms with Crippen molar-refractivity contribution in [1.82, 2.24) is 0 Å². The van der Waals surface area contributed by atoms with Crippen molar-refractivity contribution in [3.63, 3.8) is 0 Å². The number of carbonyl (C=O) groups excluding carboxylic acids is 2. The molecule has 0 N–H and O–H groups in total. The zero-order valence-electron chi connectivity index (χ0n) is 39.6. The Bertz CT molecular complexity index is 840. The van der Waals surface area contributed by atoms with Gasteiger partial charge in [0.2, 0.25) is 0 Å². The Kier molecular flexibility index (Phi) is 48.8. The van der Waals surface area contributed by atoms with Crippen LogP contribution in [0.25, 0.3) is 0 Å². The van der Waals surface area contributed by atoms with Crippen molar-refractivity contribution in [1.29, 1.82) is 0 Å². The summed E-state index contributed by atoms with van der Waals surface area (Å²) in [6.07, 6.45) is 56.4. The van der Waals surface area contributed by atoms with Crippen molar-refractivity contribution in [2.24, 2.45) is 0 Å². The number of esters is 2. The molecule has 0 aromatic rings. The SMILES string of the molecule is CCCCCC/C=C\CCCCCCCCCC(=O)O[C@H](COCCCCCCCCCCCCCCCCCC)COC(=O)CCCCCCCCCCCCC. The van der Waals surface area contributed by atoms with Crippen LogP contribution in [0.15, 0.2) is 12.2 Å². The number of allylic oxidation sites excluding steroid dienone is 2. The van der Waals surface area contributed by atoms with Crippen LogP contribution in [0.2, 0.25) is 0 Å². The van der Waals surface area contributed by atoms with E-state index in [1.807, 2.05) is 0 Å². The molecular weight excluding hydrogens is 717 g/mol. The fraction of sp³-hybridized carbons (Fsp3) is 0.925. The second-order valence-corrected chi connectivity index (χ2v) is 17.8. The largest absolute Gasteiger partial charge is 0.462 e. The molecule has 0 aromatic carbocycles. The number of unbranched alkanes of at least 4 members (excludes halogenated alkanes) is 36. The highest BCUT2D eigenvalue weighted by Gasteiger charge is 2.17. The summed E-state index contributed by atoms with van der Waals surface area (Å²) >= 11 is 0. The molecule has 0 radical (unpaired) electrons. The highest BCUT2D eigenvalue weighted by atomic mass is 16.6. The Balaban J connectivity index is 4.19. The van der Waals surface area contributed by atoms with Crippen LogP contribution in [0, 0.1) is 0 Å². The van der Waals surface area contributed by atoms with Gasteiger partial charge in [0, 0.05) is 19.4 Å². The zero-order valence-corrected chi connectivity index (χ0v) is 39.6. The van der Waals surface area contributed by atoms with E-state index in [0.717, 1.165) is 32.1 Å². The summed E-state index contributed by atoms with van der Waals surface area (Å²) < 4.78 is 17.4. The van der Waals surface area contributed by atoms with Gasteiger partial charge in [-0.3, -0.25) is 9.59 Å². The predicted molar refractivity (Wildman–Crippen MR) is 252 cm³/mol. The topological polar surface area (TPSA) is 61.8 Å². The van der Waals surface area contributed by atoms with Crippen molar-refractivity contribution in [2.75, 3.05) is 19.8 Å². The first kappa shape index (κ1) is 56.6. The molecule has 0 fully saturated rings. The molecule has 5 nitrogen and oxygen atoms in total. The molecule has 0 aliphatic carbocycles. The van der Waals surface area contributed by atoms with Crippen LogP contribution in [-0.4, -0.2) is 37.9 Å². The average molecular weight is 819 g/mol. The summed E-state index contributed by atoms with van der Waals surface area (Å²) in [7, 11) is 0. The van der Waals surface area contributed by atoms with Crippen molar-refractivity contribution >= 4 is 11.9 Å². The van der Waals surface area contributed by atoms with Gasteiger partial charge >= 0.3 is 11.9 Å². The van der Waals surface area contributed by atoms with Crippen LogP contribution in [0.4, 0.5) is 0 Å². The molecule has 5 heteroatoms. The lowest BCUT2D eigenvalue weighted by Gasteiger charge is -2.18. The summed E-state index contributed by atoms with van der Waals surface area (Å²) in [5.74, 6) is -0.382. The highest BCUT2D eigenvalue weighted by molar-refractivity contribution is 5.70. The second kappa shape index (κ2) is 50.0. The Labute approximate surface area is 363 Å². The van der Waals surface area contributed by atoms with Gasteiger partial charge in [0.1, 0.15) is 6.61 Å². The quantitative estimate of drug-likeness (QED) is 0.0348. The van der Waals surface area contributed by atoms with Crippen LogP contribution in [0.3, 0.4) is 0 Å². The van der Waals surface area contributed by atoms with Gasteiger partial charge in [-0.2, -0.15) is 0 Å². The summed E-state index contributed by atoms with van der Waals surface area (Å²) in [6, 6.07) is 0. The van der Waals surface area contributed by atoms with Gasteiger partial charge in [-0.05, 0) is 44.9 Å². The Morgan fingerprint density at radius 1 is 0.362 bits per heavy atom. The first-order chi connectivity index (χ1) is 28.6. The van der Waals surface area contributed by atoms with E-state index in [9.17, 15) is 9.59 Å². The van der Waals surface area contributed by atoms with E-state index >= 15 is 0 Å². The molecule has 344 valence electrons. The Morgan fingerprint density at radius 2 is 0.672 bits per heavy atom. The molecule has 0 spiro atoms. The van der Waals surface area contributed by atoms with Gasteiger partial charge in [-0.15, -0.1) is 0 Å². The molecule has 0 amide bonds.